The van der Waals surface area contributed by atoms with Gasteiger partial charge in [-0.1, -0.05) is 47.5 Å². The second kappa shape index (κ2) is 9.59. The number of anilines is 1. The van der Waals surface area contributed by atoms with Gasteiger partial charge in [0, 0.05) is 11.8 Å². The molecule has 0 radical (unpaired) electrons. The Hall–Kier alpha value is -3.09. The number of amides is 1. The average Bonchev–Trinajstić information content (AvgIpc) is 3.36. The molecule has 0 atom stereocenters. The SMILES string of the molecule is Cc1cccc(Cn2cc(Cl)c(NC(=O)c3cc(COc4ccc(C)c(C)c4)cs3)n2)c1. The van der Waals surface area contributed by atoms with Gasteiger partial charge in [-0.2, -0.15) is 5.10 Å². The molecular formula is C25H24ClN3O2S. The van der Waals surface area contributed by atoms with Crippen molar-refractivity contribution in [2.24, 2.45) is 0 Å². The van der Waals surface area contributed by atoms with E-state index in [-0.39, 0.29) is 5.91 Å². The third-order valence-corrected chi connectivity index (χ3v) is 6.39. The molecule has 4 aromatic rings. The minimum absolute atomic E-state index is 0.241. The van der Waals surface area contributed by atoms with Gasteiger partial charge in [-0.25, -0.2) is 0 Å². The average molecular weight is 466 g/mol. The van der Waals surface area contributed by atoms with Crippen molar-refractivity contribution in [3.8, 4) is 5.75 Å². The maximum absolute atomic E-state index is 12.7. The zero-order valence-electron chi connectivity index (χ0n) is 18.2. The molecule has 32 heavy (non-hydrogen) atoms. The minimum atomic E-state index is -0.241. The Kier molecular flexibility index (Phi) is 6.63. The monoisotopic (exact) mass is 465 g/mol. The number of benzene rings is 2. The summed E-state index contributed by atoms with van der Waals surface area (Å²) in [5, 5.41) is 9.57. The molecule has 2 aromatic heterocycles. The third-order valence-electron chi connectivity index (χ3n) is 5.14. The number of aromatic nitrogens is 2. The number of halogens is 1. The molecule has 2 heterocycles. The molecule has 1 N–H and O–H groups in total. The summed E-state index contributed by atoms with van der Waals surface area (Å²) in [6.07, 6.45) is 1.72. The van der Waals surface area contributed by atoms with E-state index in [1.807, 2.05) is 54.8 Å². The number of hydrogen-bond acceptors (Lipinski definition) is 4. The van der Waals surface area contributed by atoms with Crippen LogP contribution < -0.4 is 10.1 Å². The Morgan fingerprint density at radius 2 is 1.94 bits per heavy atom. The van der Waals surface area contributed by atoms with E-state index in [0.29, 0.717) is 28.9 Å². The van der Waals surface area contributed by atoms with E-state index >= 15 is 0 Å². The van der Waals surface area contributed by atoms with Crippen molar-refractivity contribution >= 4 is 34.7 Å². The number of rotatable bonds is 7. The van der Waals surface area contributed by atoms with Crippen molar-refractivity contribution < 1.29 is 9.53 Å². The maximum atomic E-state index is 12.7. The van der Waals surface area contributed by atoms with Gasteiger partial charge in [0.1, 0.15) is 17.4 Å². The van der Waals surface area contributed by atoms with E-state index in [9.17, 15) is 4.79 Å². The van der Waals surface area contributed by atoms with Crippen molar-refractivity contribution in [1.29, 1.82) is 0 Å². The van der Waals surface area contributed by atoms with E-state index in [0.717, 1.165) is 16.9 Å². The van der Waals surface area contributed by atoms with Gasteiger partial charge in [-0.15, -0.1) is 11.3 Å². The summed E-state index contributed by atoms with van der Waals surface area (Å²) in [7, 11) is 0. The Bertz CT molecular complexity index is 1260. The first-order valence-corrected chi connectivity index (χ1v) is 11.5. The maximum Gasteiger partial charge on any atom is 0.266 e. The van der Waals surface area contributed by atoms with Crippen LogP contribution >= 0.6 is 22.9 Å². The number of aryl methyl sites for hydroxylation is 3. The molecule has 5 nitrogen and oxygen atoms in total. The first-order chi connectivity index (χ1) is 15.4. The van der Waals surface area contributed by atoms with Crippen LogP contribution in [0, 0.1) is 20.8 Å². The summed E-state index contributed by atoms with van der Waals surface area (Å²) in [4.78, 5) is 13.3. The summed E-state index contributed by atoms with van der Waals surface area (Å²) in [5.41, 5.74) is 5.66. The highest BCUT2D eigenvalue weighted by Crippen LogP contribution is 2.24. The lowest BCUT2D eigenvalue weighted by Gasteiger charge is -2.07. The number of carbonyl (C=O) groups is 1. The molecule has 2 aromatic carbocycles. The normalized spacial score (nSPS) is 10.9. The number of carbonyl (C=O) groups excluding carboxylic acids is 1. The molecule has 0 fully saturated rings. The number of nitrogens with zero attached hydrogens (tertiary/aromatic N) is 2. The molecule has 0 unspecified atom stereocenters. The van der Waals surface area contributed by atoms with E-state index in [4.69, 9.17) is 16.3 Å². The lowest BCUT2D eigenvalue weighted by Crippen LogP contribution is -2.11. The first kappa shape index (κ1) is 22.1. The van der Waals surface area contributed by atoms with Crippen molar-refractivity contribution in [3.05, 3.63) is 97.8 Å². The Morgan fingerprint density at radius 1 is 1.09 bits per heavy atom. The molecule has 164 valence electrons. The molecule has 0 saturated carbocycles. The summed E-state index contributed by atoms with van der Waals surface area (Å²) >= 11 is 7.67. The fraction of sp³-hybridized carbons (Fsp3) is 0.200. The van der Waals surface area contributed by atoms with Gasteiger partial charge in [0.05, 0.1) is 11.4 Å². The van der Waals surface area contributed by atoms with Crippen LogP contribution in [0.4, 0.5) is 5.82 Å². The minimum Gasteiger partial charge on any atom is -0.489 e. The van der Waals surface area contributed by atoms with Crippen LogP contribution in [-0.2, 0) is 13.2 Å². The van der Waals surface area contributed by atoms with Gasteiger partial charge < -0.3 is 10.1 Å². The van der Waals surface area contributed by atoms with E-state index in [2.05, 4.69) is 30.3 Å². The zero-order valence-corrected chi connectivity index (χ0v) is 19.8. The summed E-state index contributed by atoms with van der Waals surface area (Å²) < 4.78 is 7.59. The lowest BCUT2D eigenvalue weighted by atomic mass is 10.1. The zero-order chi connectivity index (χ0) is 22.7. The van der Waals surface area contributed by atoms with Crippen molar-refractivity contribution in [2.45, 2.75) is 33.9 Å². The van der Waals surface area contributed by atoms with Crippen molar-refractivity contribution in [1.82, 2.24) is 9.78 Å². The molecular weight excluding hydrogens is 442 g/mol. The van der Waals surface area contributed by atoms with Crippen molar-refractivity contribution in [3.63, 3.8) is 0 Å². The lowest BCUT2D eigenvalue weighted by molar-refractivity contribution is 0.103. The Balaban J connectivity index is 1.37. The highest BCUT2D eigenvalue weighted by atomic mass is 35.5. The molecule has 0 saturated heterocycles. The topological polar surface area (TPSA) is 56.2 Å². The molecule has 1 amide bonds. The predicted octanol–water partition coefficient (Wildman–Crippen LogP) is 6.40. The highest BCUT2D eigenvalue weighted by molar-refractivity contribution is 7.12. The Morgan fingerprint density at radius 3 is 2.72 bits per heavy atom. The summed E-state index contributed by atoms with van der Waals surface area (Å²) in [6.45, 7) is 7.16. The number of thiophene rings is 1. The molecule has 4 rings (SSSR count). The third kappa shape index (κ3) is 5.39. The van der Waals surface area contributed by atoms with E-state index in [1.54, 1.807) is 10.9 Å². The smallest absolute Gasteiger partial charge is 0.266 e. The fourth-order valence-electron chi connectivity index (χ4n) is 3.27. The number of hydrogen-bond donors (Lipinski definition) is 1. The molecule has 7 heteroatoms. The van der Waals surface area contributed by atoms with Gasteiger partial charge in [0.25, 0.3) is 5.91 Å². The van der Waals surface area contributed by atoms with Crippen LogP contribution in [0.3, 0.4) is 0 Å². The number of nitrogens with one attached hydrogen (secondary N) is 1. The van der Waals surface area contributed by atoms with Crippen LogP contribution in [0.1, 0.15) is 37.5 Å². The standard InChI is InChI=1S/C25H24ClN3O2S/c1-16-5-4-6-19(9-16)12-29-13-22(26)24(28-29)27-25(30)23-11-20(15-32-23)14-31-21-8-7-17(2)18(3)10-21/h4-11,13,15H,12,14H2,1-3H3,(H,27,28,30). The highest BCUT2D eigenvalue weighted by Gasteiger charge is 2.15. The second-order valence-electron chi connectivity index (χ2n) is 7.82. The van der Waals surface area contributed by atoms with Crippen molar-refractivity contribution in [2.75, 3.05) is 5.32 Å². The summed E-state index contributed by atoms with van der Waals surface area (Å²) in [6, 6.07) is 16.0. The van der Waals surface area contributed by atoms with Gasteiger partial charge in [-0.05, 0) is 61.0 Å². The molecule has 0 aliphatic carbocycles. The molecule has 0 aliphatic heterocycles. The van der Waals surface area contributed by atoms with Crippen LogP contribution in [-0.4, -0.2) is 15.7 Å². The molecule has 0 bridgehead atoms. The number of ether oxygens (including phenoxy) is 1. The summed E-state index contributed by atoms with van der Waals surface area (Å²) in [5.74, 6) is 0.928. The van der Waals surface area contributed by atoms with Crippen LogP contribution in [0.5, 0.6) is 5.75 Å². The van der Waals surface area contributed by atoms with Gasteiger partial charge in [0.2, 0.25) is 0 Å². The predicted molar refractivity (Wildman–Crippen MR) is 130 cm³/mol. The van der Waals surface area contributed by atoms with Gasteiger partial charge >= 0.3 is 0 Å². The fourth-order valence-corrected chi connectivity index (χ4v) is 4.26. The quantitative estimate of drug-likeness (QED) is 0.343. The molecule has 0 aliphatic rings. The Labute approximate surface area is 196 Å². The second-order valence-corrected chi connectivity index (χ2v) is 9.14. The van der Waals surface area contributed by atoms with Crippen LogP contribution in [0.15, 0.2) is 60.1 Å². The van der Waals surface area contributed by atoms with E-state index in [1.165, 1.54) is 28.0 Å². The first-order valence-electron chi connectivity index (χ1n) is 10.2. The largest absolute Gasteiger partial charge is 0.489 e. The van der Waals surface area contributed by atoms with Gasteiger partial charge in [0.15, 0.2) is 5.82 Å². The van der Waals surface area contributed by atoms with Crippen LogP contribution in [0.2, 0.25) is 5.02 Å². The molecule has 0 spiro atoms. The van der Waals surface area contributed by atoms with Gasteiger partial charge in [-0.3, -0.25) is 9.48 Å². The van der Waals surface area contributed by atoms with Crippen LogP contribution in [0.25, 0.3) is 0 Å². The van der Waals surface area contributed by atoms with E-state index < -0.39 is 0 Å².